The molecule has 136 valence electrons. The molecule has 0 aromatic heterocycles. The van der Waals surface area contributed by atoms with Gasteiger partial charge in [-0.25, -0.2) is 0 Å². The highest BCUT2D eigenvalue weighted by atomic mass is 35.5. The van der Waals surface area contributed by atoms with E-state index in [4.69, 9.17) is 4.74 Å². The molecule has 1 aliphatic heterocycles. The highest BCUT2D eigenvalue weighted by molar-refractivity contribution is 5.85. The number of rotatable bonds is 7. The normalized spacial score (nSPS) is 19.6. The van der Waals surface area contributed by atoms with Crippen LogP contribution in [0.3, 0.4) is 0 Å². The molecule has 25 heavy (non-hydrogen) atoms. The minimum Gasteiger partial charge on any atom is -0.497 e. The number of nitrogens with zero attached hydrogens (tertiary/aromatic N) is 1. The summed E-state index contributed by atoms with van der Waals surface area (Å²) in [4.78, 5) is 2.57. The minimum atomic E-state index is 0. The second kappa shape index (κ2) is 9.23. The molecule has 0 bridgehead atoms. The predicted octanol–water partition coefficient (Wildman–Crippen LogP) is 4.12. The molecule has 1 N–H and O–H groups in total. The van der Waals surface area contributed by atoms with Crippen molar-refractivity contribution in [1.82, 2.24) is 10.2 Å². The number of halogens is 1. The number of hydrogen-bond acceptors (Lipinski definition) is 3. The Morgan fingerprint density at radius 3 is 2.20 bits per heavy atom. The van der Waals surface area contributed by atoms with Crippen LogP contribution in [-0.4, -0.2) is 31.6 Å². The van der Waals surface area contributed by atoms with Crippen molar-refractivity contribution in [1.29, 1.82) is 0 Å². The molecule has 1 fully saturated rings. The molecule has 3 nitrogen and oxygen atoms in total. The lowest BCUT2D eigenvalue weighted by atomic mass is 9.89. The summed E-state index contributed by atoms with van der Waals surface area (Å²) in [6, 6.07) is 19.2. The Bertz CT molecular complexity index is 624. The highest BCUT2D eigenvalue weighted by Gasteiger charge is 2.30. The molecule has 1 unspecified atom stereocenters. The van der Waals surface area contributed by atoms with E-state index < -0.39 is 0 Å². The van der Waals surface area contributed by atoms with Gasteiger partial charge in [0.15, 0.2) is 0 Å². The van der Waals surface area contributed by atoms with E-state index in [-0.39, 0.29) is 12.4 Å². The third-order valence-electron chi connectivity index (χ3n) is 4.88. The van der Waals surface area contributed by atoms with E-state index >= 15 is 0 Å². The van der Waals surface area contributed by atoms with Crippen molar-refractivity contribution in [2.24, 2.45) is 5.41 Å². The van der Waals surface area contributed by atoms with E-state index in [2.05, 4.69) is 71.7 Å². The SMILES string of the molecule is COc1ccc(CN(Cc2ccccc2)CC2(C)CCNC2)cc1.Cl. The molecule has 0 aliphatic carbocycles. The van der Waals surface area contributed by atoms with Crippen LogP contribution in [0.5, 0.6) is 5.75 Å². The van der Waals surface area contributed by atoms with E-state index in [1.807, 2.05) is 0 Å². The van der Waals surface area contributed by atoms with E-state index in [1.54, 1.807) is 7.11 Å². The van der Waals surface area contributed by atoms with Gasteiger partial charge in [-0.05, 0) is 41.6 Å². The molecule has 0 radical (unpaired) electrons. The number of benzene rings is 2. The number of hydrogen-bond donors (Lipinski definition) is 1. The summed E-state index contributed by atoms with van der Waals surface area (Å²) >= 11 is 0. The van der Waals surface area contributed by atoms with Gasteiger partial charge in [-0.15, -0.1) is 12.4 Å². The predicted molar refractivity (Wildman–Crippen MR) is 106 cm³/mol. The van der Waals surface area contributed by atoms with Gasteiger partial charge >= 0.3 is 0 Å². The first-order chi connectivity index (χ1) is 11.7. The molecule has 2 aromatic carbocycles. The fraction of sp³-hybridized carbons (Fsp3) is 0.429. The van der Waals surface area contributed by atoms with Crippen LogP contribution in [0.25, 0.3) is 0 Å². The van der Waals surface area contributed by atoms with Crippen LogP contribution in [0.15, 0.2) is 54.6 Å². The Hall–Kier alpha value is -1.55. The Kier molecular flexibility index (Phi) is 7.30. The zero-order chi connectivity index (χ0) is 16.8. The molecule has 0 amide bonds. The second-order valence-electron chi connectivity index (χ2n) is 7.22. The van der Waals surface area contributed by atoms with Crippen LogP contribution < -0.4 is 10.1 Å². The van der Waals surface area contributed by atoms with Crippen LogP contribution in [0.1, 0.15) is 24.5 Å². The average molecular weight is 361 g/mol. The van der Waals surface area contributed by atoms with Crippen LogP contribution in [-0.2, 0) is 13.1 Å². The lowest BCUT2D eigenvalue weighted by Gasteiger charge is -2.32. The summed E-state index contributed by atoms with van der Waals surface area (Å²) < 4.78 is 5.27. The minimum absolute atomic E-state index is 0. The fourth-order valence-electron chi connectivity index (χ4n) is 3.54. The van der Waals surface area contributed by atoms with E-state index in [0.29, 0.717) is 5.41 Å². The smallest absolute Gasteiger partial charge is 0.118 e. The van der Waals surface area contributed by atoms with Crippen molar-refractivity contribution in [2.45, 2.75) is 26.4 Å². The summed E-state index contributed by atoms with van der Waals surface area (Å²) in [5.41, 5.74) is 3.07. The van der Waals surface area contributed by atoms with Crippen molar-refractivity contribution >= 4 is 12.4 Å². The van der Waals surface area contributed by atoms with Gasteiger partial charge in [-0.1, -0.05) is 49.4 Å². The fourth-order valence-corrected chi connectivity index (χ4v) is 3.54. The first kappa shape index (κ1) is 19.8. The third-order valence-corrected chi connectivity index (χ3v) is 4.88. The van der Waals surface area contributed by atoms with Crippen molar-refractivity contribution < 1.29 is 4.74 Å². The highest BCUT2D eigenvalue weighted by Crippen LogP contribution is 2.27. The molecule has 2 aromatic rings. The first-order valence-electron chi connectivity index (χ1n) is 8.77. The Labute approximate surface area is 157 Å². The zero-order valence-corrected chi connectivity index (χ0v) is 16.0. The Morgan fingerprint density at radius 1 is 1.00 bits per heavy atom. The second-order valence-corrected chi connectivity index (χ2v) is 7.22. The number of nitrogens with one attached hydrogen (secondary N) is 1. The van der Waals surface area contributed by atoms with E-state index in [0.717, 1.165) is 38.5 Å². The molecule has 1 aliphatic rings. The van der Waals surface area contributed by atoms with Crippen LogP contribution in [0.4, 0.5) is 0 Å². The monoisotopic (exact) mass is 360 g/mol. The first-order valence-corrected chi connectivity index (χ1v) is 8.77. The maximum atomic E-state index is 5.27. The molecular formula is C21H29ClN2O. The van der Waals surface area contributed by atoms with Gasteiger partial charge in [0.25, 0.3) is 0 Å². The molecule has 0 saturated carbocycles. The molecule has 0 spiro atoms. The van der Waals surface area contributed by atoms with Crippen LogP contribution >= 0.6 is 12.4 Å². The maximum absolute atomic E-state index is 5.27. The van der Waals surface area contributed by atoms with Gasteiger partial charge in [0.2, 0.25) is 0 Å². The van der Waals surface area contributed by atoms with Crippen molar-refractivity contribution in [2.75, 3.05) is 26.7 Å². The van der Waals surface area contributed by atoms with Crippen molar-refractivity contribution in [3.05, 3.63) is 65.7 Å². The topological polar surface area (TPSA) is 24.5 Å². The molecule has 3 rings (SSSR count). The van der Waals surface area contributed by atoms with Gasteiger partial charge < -0.3 is 10.1 Å². The summed E-state index contributed by atoms with van der Waals surface area (Å²) in [5, 5.41) is 3.52. The summed E-state index contributed by atoms with van der Waals surface area (Å²) in [6.07, 6.45) is 1.25. The average Bonchev–Trinajstić information content (AvgIpc) is 3.02. The summed E-state index contributed by atoms with van der Waals surface area (Å²) in [7, 11) is 1.71. The van der Waals surface area contributed by atoms with Crippen LogP contribution in [0, 0.1) is 5.41 Å². The van der Waals surface area contributed by atoms with E-state index in [9.17, 15) is 0 Å². The third kappa shape index (κ3) is 5.74. The van der Waals surface area contributed by atoms with Crippen molar-refractivity contribution in [3.8, 4) is 5.75 Å². The van der Waals surface area contributed by atoms with Gasteiger partial charge in [-0.2, -0.15) is 0 Å². The number of methoxy groups -OCH3 is 1. The summed E-state index contributed by atoms with van der Waals surface area (Å²) in [5.74, 6) is 0.917. The van der Waals surface area contributed by atoms with Crippen LogP contribution in [0.2, 0.25) is 0 Å². The summed E-state index contributed by atoms with van der Waals surface area (Å²) in [6.45, 7) is 7.72. The molecule has 1 saturated heterocycles. The van der Waals surface area contributed by atoms with Gasteiger partial charge in [-0.3, -0.25) is 4.90 Å². The zero-order valence-electron chi connectivity index (χ0n) is 15.2. The molecule has 4 heteroatoms. The Morgan fingerprint density at radius 2 is 1.64 bits per heavy atom. The lowest BCUT2D eigenvalue weighted by Crippen LogP contribution is -2.36. The molecule has 1 atom stereocenters. The maximum Gasteiger partial charge on any atom is 0.118 e. The number of ether oxygens (including phenoxy) is 1. The van der Waals surface area contributed by atoms with E-state index in [1.165, 1.54) is 17.5 Å². The van der Waals surface area contributed by atoms with Crippen molar-refractivity contribution in [3.63, 3.8) is 0 Å². The van der Waals surface area contributed by atoms with Gasteiger partial charge in [0, 0.05) is 26.2 Å². The standard InChI is InChI=1S/C21H28N2O.ClH/c1-21(12-13-22-16-21)17-23(14-18-6-4-3-5-7-18)15-19-8-10-20(24-2)11-9-19;/h3-11,22H,12-17H2,1-2H3;1H. The van der Waals surface area contributed by atoms with Gasteiger partial charge in [0.05, 0.1) is 7.11 Å². The molecular weight excluding hydrogens is 332 g/mol. The Balaban J connectivity index is 0.00000225. The lowest BCUT2D eigenvalue weighted by molar-refractivity contribution is 0.163. The molecule has 1 heterocycles. The quantitative estimate of drug-likeness (QED) is 0.803. The largest absolute Gasteiger partial charge is 0.497 e. The van der Waals surface area contributed by atoms with Gasteiger partial charge in [0.1, 0.15) is 5.75 Å².